The summed E-state index contributed by atoms with van der Waals surface area (Å²) in [6.45, 7) is 3.79. The lowest BCUT2D eigenvalue weighted by molar-refractivity contribution is 0.0547. The minimum absolute atomic E-state index is 0.147. The Morgan fingerprint density at radius 1 is 1.44 bits per heavy atom. The van der Waals surface area contributed by atoms with Crippen LogP contribution < -0.4 is 10.5 Å². The number of ether oxygens (including phenoxy) is 1. The van der Waals surface area contributed by atoms with Crippen molar-refractivity contribution in [2.75, 3.05) is 6.61 Å². The van der Waals surface area contributed by atoms with Gasteiger partial charge in [0, 0.05) is 18.5 Å². The van der Waals surface area contributed by atoms with Gasteiger partial charge < -0.3 is 15.6 Å². The van der Waals surface area contributed by atoms with Gasteiger partial charge in [0.1, 0.15) is 0 Å². The van der Waals surface area contributed by atoms with Crippen molar-refractivity contribution >= 4 is 0 Å². The molecule has 0 heterocycles. The molecular formula is C12H18FNO2. The summed E-state index contributed by atoms with van der Waals surface area (Å²) >= 11 is 0. The van der Waals surface area contributed by atoms with Crippen molar-refractivity contribution in [3.05, 3.63) is 29.6 Å². The number of hydrogen-bond acceptors (Lipinski definition) is 3. The monoisotopic (exact) mass is 227 g/mol. The first-order chi connectivity index (χ1) is 7.44. The average Bonchev–Trinajstić information content (AvgIpc) is 2.19. The number of aliphatic hydroxyl groups is 1. The van der Waals surface area contributed by atoms with Gasteiger partial charge in [-0.3, -0.25) is 0 Å². The molecule has 0 fully saturated rings. The number of benzene rings is 1. The molecule has 0 aliphatic carbocycles. The minimum atomic E-state index is -0.804. The van der Waals surface area contributed by atoms with E-state index in [0.717, 1.165) is 0 Å². The van der Waals surface area contributed by atoms with Crippen molar-refractivity contribution in [2.45, 2.75) is 32.4 Å². The van der Waals surface area contributed by atoms with Crippen LogP contribution in [0.3, 0.4) is 0 Å². The van der Waals surface area contributed by atoms with Gasteiger partial charge in [-0.2, -0.15) is 0 Å². The highest BCUT2D eigenvalue weighted by atomic mass is 19.1. The van der Waals surface area contributed by atoms with Crippen molar-refractivity contribution in [3.63, 3.8) is 0 Å². The van der Waals surface area contributed by atoms with E-state index in [0.29, 0.717) is 12.0 Å². The third-order valence-corrected chi connectivity index (χ3v) is 2.23. The van der Waals surface area contributed by atoms with Crippen LogP contribution in [0.25, 0.3) is 0 Å². The topological polar surface area (TPSA) is 55.5 Å². The molecule has 16 heavy (non-hydrogen) atoms. The van der Waals surface area contributed by atoms with Crippen LogP contribution in [-0.4, -0.2) is 17.3 Å². The Morgan fingerprint density at radius 3 is 2.69 bits per heavy atom. The summed E-state index contributed by atoms with van der Waals surface area (Å²) in [5.74, 6) is -0.229. The van der Waals surface area contributed by atoms with Gasteiger partial charge in [0.05, 0.1) is 12.2 Å². The van der Waals surface area contributed by atoms with E-state index in [9.17, 15) is 9.50 Å². The highest BCUT2D eigenvalue weighted by Gasteiger charge is 2.13. The maximum atomic E-state index is 13.6. The van der Waals surface area contributed by atoms with Crippen LogP contribution in [0.2, 0.25) is 0 Å². The van der Waals surface area contributed by atoms with Gasteiger partial charge in [-0.05, 0) is 19.9 Å². The Hall–Kier alpha value is -1.13. The molecule has 1 aromatic carbocycles. The maximum absolute atomic E-state index is 13.6. The van der Waals surface area contributed by atoms with Crippen LogP contribution in [0.15, 0.2) is 18.2 Å². The Balaban J connectivity index is 2.61. The first-order valence-electron chi connectivity index (χ1n) is 5.26. The molecule has 0 unspecified atom stereocenters. The Morgan fingerprint density at radius 2 is 2.12 bits per heavy atom. The van der Waals surface area contributed by atoms with E-state index < -0.39 is 11.4 Å². The average molecular weight is 227 g/mol. The van der Waals surface area contributed by atoms with Crippen molar-refractivity contribution in [2.24, 2.45) is 5.73 Å². The van der Waals surface area contributed by atoms with Gasteiger partial charge in [0.2, 0.25) is 0 Å². The second-order valence-corrected chi connectivity index (χ2v) is 4.34. The first-order valence-corrected chi connectivity index (χ1v) is 5.26. The zero-order valence-electron chi connectivity index (χ0n) is 9.66. The van der Waals surface area contributed by atoms with Crippen LogP contribution in [0.1, 0.15) is 25.8 Å². The summed E-state index contributed by atoms with van der Waals surface area (Å²) in [6.07, 6.45) is 0.444. The standard InChI is InChI=1S/C12H18FNO2/c1-12(2,15)6-7-16-10-5-3-4-9(8-14)11(10)13/h3-5,15H,6-8,14H2,1-2H3. The third-order valence-electron chi connectivity index (χ3n) is 2.23. The van der Waals surface area contributed by atoms with E-state index in [1.54, 1.807) is 32.0 Å². The molecule has 4 heteroatoms. The van der Waals surface area contributed by atoms with Crippen molar-refractivity contribution in [3.8, 4) is 5.75 Å². The zero-order valence-corrected chi connectivity index (χ0v) is 9.66. The fourth-order valence-corrected chi connectivity index (χ4v) is 1.24. The highest BCUT2D eigenvalue weighted by molar-refractivity contribution is 5.30. The largest absolute Gasteiger partial charge is 0.490 e. The second-order valence-electron chi connectivity index (χ2n) is 4.34. The first kappa shape index (κ1) is 12.9. The van der Waals surface area contributed by atoms with Gasteiger partial charge >= 0.3 is 0 Å². The van der Waals surface area contributed by atoms with Crippen molar-refractivity contribution in [1.82, 2.24) is 0 Å². The Bertz CT molecular complexity index is 347. The van der Waals surface area contributed by atoms with E-state index in [1.807, 2.05) is 0 Å². The van der Waals surface area contributed by atoms with E-state index >= 15 is 0 Å². The van der Waals surface area contributed by atoms with Gasteiger partial charge in [-0.25, -0.2) is 4.39 Å². The fourth-order valence-electron chi connectivity index (χ4n) is 1.24. The molecule has 0 aliphatic heterocycles. The number of nitrogens with two attached hydrogens (primary N) is 1. The van der Waals surface area contributed by atoms with Crippen LogP contribution in [0, 0.1) is 5.82 Å². The second kappa shape index (κ2) is 5.27. The molecule has 90 valence electrons. The summed E-state index contributed by atoms with van der Waals surface area (Å²) in [5, 5.41) is 9.47. The molecule has 0 amide bonds. The molecule has 0 saturated heterocycles. The van der Waals surface area contributed by atoms with Gasteiger partial charge in [-0.1, -0.05) is 12.1 Å². The molecule has 0 aromatic heterocycles. The summed E-state index contributed by atoms with van der Waals surface area (Å²) in [7, 11) is 0. The van der Waals surface area contributed by atoms with Crippen LogP contribution in [0.5, 0.6) is 5.75 Å². The van der Waals surface area contributed by atoms with Crippen LogP contribution >= 0.6 is 0 Å². The molecule has 3 nitrogen and oxygen atoms in total. The van der Waals surface area contributed by atoms with Crippen LogP contribution in [0.4, 0.5) is 4.39 Å². The van der Waals surface area contributed by atoms with E-state index in [4.69, 9.17) is 10.5 Å². The number of halogens is 1. The van der Waals surface area contributed by atoms with Crippen molar-refractivity contribution < 1.29 is 14.2 Å². The van der Waals surface area contributed by atoms with Crippen molar-refractivity contribution in [1.29, 1.82) is 0 Å². The van der Waals surface area contributed by atoms with E-state index in [2.05, 4.69) is 0 Å². The smallest absolute Gasteiger partial charge is 0.169 e. The highest BCUT2D eigenvalue weighted by Crippen LogP contribution is 2.20. The lowest BCUT2D eigenvalue weighted by atomic mass is 10.1. The molecule has 3 N–H and O–H groups in total. The molecule has 0 saturated carbocycles. The predicted octanol–water partition coefficient (Wildman–Crippen LogP) is 1.82. The lowest BCUT2D eigenvalue weighted by Crippen LogP contribution is -2.22. The number of rotatable bonds is 5. The SMILES string of the molecule is CC(C)(O)CCOc1cccc(CN)c1F. The summed E-state index contributed by atoms with van der Waals surface area (Å²) in [5.41, 5.74) is 5.01. The quantitative estimate of drug-likeness (QED) is 0.806. The fraction of sp³-hybridized carbons (Fsp3) is 0.500. The third kappa shape index (κ3) is 3.79. The van der Waals surface area contributed by atoms with E-state index in [-0.39, 0.29) is 18.9 Å². The summed E-state index contributed by atoms with van der Waals surface area (Å²) in [4.78, 5) is 0. The number of hydrogen-bond donors (Lipinski definition) is 2. The summed E-state index contributed by atoms with van der Waals surface area (Å²) in [6, 6.07) is 4.88. The Labute approximate surface area is 95.0 Å². The van der Waals surface area contributed by atoms with Gasteiger partial charge in [-0.15, -0.1) is 0 Å². The summed E-state index contributed by atoms with van der Waals surface area (Å²) < 4.78 is 18.9. The zero-order chi connectivity index (χ0) is 12.2. The van der Waals surface area contributed by atoms with Gasteiger partial charge in [0.15, 0.2) is 11.6 Å². The molecule has 1 rings (SSSR count). The molecular weight excluding hydrogens is 209 g/mol. The molecule has 1 aromatic rings. The molecule has 0 aliphatic rings. The molecule has 0 spiro atoms. The van der Waals surface area contributed by atoms with E-state index in [1.165, 1.54) is 0 Å². The predicted molar refractivity (Wildman–Crippen MR) is 60.7 cm³/mol. The normalized spacial score (nSPS) is 11.6. The Kier molecular flexibility index (Phi) is 4.26. The molecule has 0 radical (unpaired) electrons. The van der Waals surface area contributed by atoms with Crippen LogP contribution in [-0.2, 0) is 6.54 Å². The lowest BCUT2D eigenvalue weighted by Gasteiger charge is -2.17. The molecule has 0 bridgehead atoms. The van der Waals surface area contributed by atoms with Gasteiger partial charge in [0.25, 0.3) is 0 Å². The molecule has 0 atom stereocenters. The maximum Gasteiger partial charge on any atom is 0.169 e. The minimum Gasteiger partial charge on any atom is -0.490 e.